The lowest BCUT2D eigenvalue weighted by Crippen LogP contribution is -2.20. The Hall–Kier alpha value is 0.0500. The Labute approximate surface area is 113 Å². The predicted molar refractivity (Wildman–Crippen MR) is 72.9 cm³/mol. The van der Waals surface area contributed by atoms with Crippen molar-refractivity contribution in [2.45, 2.75) is 31.7 Å². The molecule has 1 unspecified atom stereocenters. The molecule has 4 heteroatoms. The largest absolute Gasteiger partial charge is 0.310 e. The zero-order valence-electron chi connectivity index (χ0n) is 9.01. The van der Waals surface area contributed by atoms with Crippen molar-refractivity contribution >= 4 is 35.6 Å². The van der Waals surface area contributed by atoms with Crippen molar-refractivity contribution in [1.82, 2.24) is 5.32 Å². The van der Waals surface area contributed by atoms with E-state index in [0.717, 1.165) is 11.6 Å². The van der Waals surface area contributed by atoms with Crippen molar-refractivity contribution in [2.24, 2.45) is 0 Å². The van der Waals surface area contributed by atoms with E-state index in [1.807, 2.05) is 18.2 Å². The number of halogens is 3. The first-order valence-corrected chi connectivity index (χ1v) is 6.21. The summed E-state index contributed by atoms with van der Waals surface area (Å²) >= 11 is 12.1. The molecular formula is C12H16Cl3N. The van der Waals surface area contributed by atoms with Gasteiger partial charge in [-0.3, -0.25) is 0 Å². The van der Waals surface area contributed by atoms with E-state index in [9.17, 15) is 0 Å². The van der Waals surface area contributed by atoms with Crippen LogP contribution in [0.5, 0.6) is 0 Å². The molecule has 90 valence electrons. The summed E-state index contributed by atoms with van der Waals surface area (Å²) in [5.41, 5.74) is 1.18. The summed E-state index contributed by atoms with van der Waals surface area (Å²) in [5, 5.41) is 5.02. The lowest BCUT2D eigenvalue weighted by Gasteiger charge is -2.17. The average Bonchev–Trinajstić information content (AvgIpc) is 2.46. The van der Waals surface area contributed by atoms with E-state index in [2.05, 4.69) is 5.32 Å². The number of hydrogen-bond donors (Lipinski definition) is 1. The summed E-state index contributed by atoms with van der Waals surface area (Å²) in [5.74, 6) is 0. The van der Waals surface area contributed by atoms with Crippen LogP contribution in [0, 0.1) is 0 Å². The van der Waals surface area contributed by atoms with Gasteiger partial charge in [0, 0.05) is 16.1 Å². The molecule has 1 atom stereocenters. The molecule has 2 rings (SSSR count). The minimum atomic E-state index is 0. The monoisotopic (exact) mass is 279 g/mol. The maximum atomic E-state index is 6.19. The fourth-order valence-corrected chi connectivity index (χ4v) is 2.62. The molecule has 0 amide bonds. The van der Waals surface area contributed by atoms with Crippen molar-refractivity contribution in [3.8, 4) is 0 Å². The number of benzene rings is 1. The average molecular weight is 281 g/mol. The highest BCUT2D eigenvalue weighted by molar-refractivity contribution is 6.35. The topological polar surface area (TPSA) is 12.0 Å². The van der Waals surface area contributed by atoms with Gasteiger partial charge in [-0.2, -0.15) is 0 Å². The normalized spacial score (nSPS) is 21.0. The summed E-state index contributed by atoms with van der Waals surface area (Å²) in [6, 6.07) is 6.17. The summed E-state index contributed by atoms with van der Waals surface area (Å²) in [7, 11) is 0. The fourth-order valence-electron chi connectivity index (χ4n) is 2.08. The fraction of sp³-hybridized carbons (Fsp3) is 0.500. The molecule has 0 radical (unpaired) electrons. The van der Waals surface area contributed by atoms with E-state index in [1.54, 1.807) is 0 Å². The van der Waals surface area contributed by atoms with Gasteiger partial charge in [0.05, 0.1) is 0 Å². The maximum absolute atomic E-state index is 6.19. The molecule has 1 aromatic carbocycles. The molecule has 1 saturated heterocycles. The van der Waals surface area contributed by atoms with Crippen molar-refractivity contribution in [2.75, 3.05) is 6.54 Å². The SMILES string of the molecule is Cl.Clc1ccc(C2CCCCCN2)c(Cl)c1. The Balaban J connectivity index is 0.00000128. The van der Waals surface area contributed by atoms with Gasteiger partial charge < -0.3 is 5.32 Å². The molecule has 1 aliphatic rings. The van der Waals surface area contributed by atoms with Gasteiger partial charge in [0.25, 0.3) is 0 Å². The van der Waals surface area contributed by atoms with Gasteiger partial charge in [0.15, 0.2) is 0 Å². The van der Waals surface area contributed by atoms with Crippen LogP contribution >= 0.6 is 35.6 Å². The van der Waals surface area contributed by atoms with Gasteiger partial charge in [-0.15, -0.1) is 12.4 Å². The predicted octanol–water partition coefficient (Wildman–Crippen LogP) is 4.62. The standard InChI is InChI=1S/C12H15Cl2N.ClH/c13-9-5-6-10(11(14)8-9)12-4-2-1-3-7-15-12;/h5-6,8,12,15H,1-4,7H2;1H. The Kier molecular flexibility index (Phi) is 5.91. The van der Waals surface area contributed by atoms with Gasteiger partial charge >= 0.3 is 0 Å². The Bertz CT molecular complexity index is 333. The first-order valence-electron chi connectivity index (χ1n) is 5.46. The van der Waals surface area contributed by atoms with Crippen LogP contribution in [-0.4, -0.2) is 6.54 Å². The van der Waals surface area contributed by atoms with Crippen LogP contribution in [0.1, 0.15) is 37.3 Å². The first-order chi connectivity index (χ1) is 7.27. The Morgan fingerprint density at radius 1 is 1.12 bits per heavy atom. The van der Waals surface area contributed by atoms with Crippen LogP contribution in [0.2, 0.25) is 10.0 Å². The van der Waals surface area contributed by atoms with Crippen molar-refractivity contribution in [3.63, 3.8) is 0 Å². The molecule has 0 spiro atoms. The Morgan fingerprint density at radius 3 is 2.69 bits per heavy atom. The lowest BCUT2D eigenvalue weighted by atomic mass is 10.0. The molecule has 1 heterocycles. The molecule has 1 aromatic rings. The number of hydrogen-bond acceptors (Lipinski definition) is 1. The van der Waals surface area contributed by atoms with Gasteiger partial charge in [0.2, 0.25) is 0 Å². The lowest BCUT2D eigenvalue weighted by molar-refractivity contribution is 0.535. The summed E-state index contributed by atoms with van der Waals surface area (Å²) in [6.45, 7) is 1.09. The van der Waals surface area contributed by atoms with Crippen LogP contribution in [0.15, 0.2) is 18.2 Å². The third-order valence-corrected chi connectivity index (χ3v) is 3.46. The van der Waals surface area contributed by atoms with Gasteiger partial charge in [-0.1, -0.05) is 42.1 Å². The van der Waals surface area contributed by atoms with E-state index in [-0.39, 0.29) is 12.4 Å². The third kappa shape index (κ3) is 3.53. The van der Waals surface area contributed by atoms with Crippen LogP contribution < -0.4 is 5.32 Å². The minimum absolute atomic E-state index is 0. The molecule has 1 N–H and O–H groups in total. The molecular weight excluding hydrogens is 264 g/mol. The van der Waals surface area contributed by atoms with Crippen molar-refractivity contribution in [1.29, 1.82) is 0 Å². The second-order valence-corrected chi connectivity index (χ2v) is 4.87. The van der Waals surface area contributed by atoms with Crippen LogP contribution in [0.4, 0.5) is 0 Å². The second-order valence-electron chi connectivity index (χ2n) is 4.02. The molecule has 0 aromatic heterocycles. The van der Waals surface area contributed by atoms with E-state index in [4.69, 9.17) is 23.2 Å². The van der Waals surface area contributed by atoms with E-state index in [0.29, 0.717) is 11.1 Å². The summed E-state index contributed by atoms with van der Waals surface area (Å²) in [4.78, 5) is 0. The number of rotatable bonds is 1. The summed E-state index contributed by atoms with van der Waals surface area (Å²) < 4.78 is 0. The summed E-state index contributed by atoms with van der Waals surface area (Å²) in [6.07, 6.45) is 5.02. The molecule has 1 aliphatic heterocycles. The van der Waals surface area contributed by atoms with Crippen LogP contribution in [0.25, 0.3) is 0 Å². The van der Waals surface area contributed by atoms with Gasteiger partial charge in [-0.25, -0.2) is 0 Å². The molecule has 1 nitrogen and oxygen atoms in total. The van der Waals surface area contributed by atoms with Crippen LogP contribution in [-0.2, 0) is 0 Å². The highest BCUT2D eigenvalue weighted by Crippen LogP contribution is 2.30. The molecule has 0 bridgehead atoms. The second kappa shape index (κ2) is 6.70. The quantitative estimate of drug-likeness (QED) is 0.791. The van der Waals surface area contributed by atoms with Crippen molar-refractivity contribution in [3.05, 3.63) is 33.8 Å². The van der Waals surface area contributed by atoms with E-state index < -0.39 is 0 Å². The highest BCUT2D eigenvalue weighted by atomic mass is 35.5. The zero-order chi connectivity index (χ0) is 10.7. The van der Waals surface area contributed by atoms with Gasteiger partial charge in [-0.05, 0) is 37.1 Å². The van der Waals surface area contributed by atoms with Crippen molar-refractivity contribution < 1.29 is 0 Å². The smallest absolute Gasteiger partial charge is 0.0468 e. The maximum Gasteiger partial charge on any atom is 0.0468 e. The minimum Gasteiger partial charge on any atom is -0.310 e. The van der Waals surface area contributed by atoms with Crippen LogP contribution in [0.3, 0.4) is 0 Å². The third-order valence-electron chi connectivity index (χ3n) is 2.90. The van der Waals surface area contributed by atoms with Gasteiger partial charge in [0.1, 0.15) is 0 Å². The Morgan fingerprint density at radius 2 is 1.94 bits per heavy atom. The molecule has 1 fully saturated rings. The zero-order valence-corrected chi connectivity index (χ0v) is 11.3. The van der Waals surface area contributed by atoms with E-state index in [1.165, 1.54) is 31.2 Å². The molecule has 16 heavy (non-hydrogen) atoms. The molecule has 0 saturated carbocycles. The molecule has 0 aliphatic carbocycles. The highest BCUT2D eigenvalue weighted by Gasteiger charge is 2.16. The van der Waals surface area contributed by atoms with E-state index >= 15 is 0 Å². The first kappa shape index (κ1) is 14.1. The number of nitrogens with one attached hydrogen (secondary N) is 1.